The Labute approximate surface area is 148 Å². The van der Waals surface area contributed by atoms with E-state index in [0.717, 1.165) is 28.3 Å². The summed E-state index contributed by atoms with van der Waals surface area (Å²) in [5.74, 6) is 1.52. The molecule has 5 nitrogen and oxygen atoms in total. The Hall–Kier alpha value is -1.92. The second-order valence-electron chi connectivity index (χ2n) is 5.51. The van der Waals surface area contributed by atoms with Crippen molar-refractivity contribution in [2.24, 2.45) is 9.98 Å². The van der Waals surface area contributed by atoms with E-state index in [-0.39, 0.29) is 0 Å². The molecular weight excluding hydrogens is 320 g/mol. The topological polar surface area (TPSA) is 69.9 Å². The number of anilines is 1. The summed E-state index contributed by atoms with van der Waals surface area (Å²) < 4.78 is 0. The molecule has 0 aliphatic heterocycles. The Morgan fingerprint density at radius 3 is 2.67 bits per heavy atom. The van der Waals surface area contributed by atoms with Crippen molar-refractivity contribution in [2.75, 3.05) is 11.2 Å². The lowest BCUT2D eigenvalue weighted by atomic mass is 10.2. The molecule has 0 aliphatic carbocycles. The summed E-state index contributed by atoms with van der Waals surface area (Å²) in [6, 6.07) is 3.97. The van der Waals surface area contributed by atoms with E-state index in [9.17, 15) is 5.11 Å². The van der Waals surface area contributed by atoms with Crippen LogP contribution in [-0.2, 0) is 0 Å². The molecule has 2 N–H and O–H groups in total. The van der Waals surface area contributed by atoms with Crippen molar-refractivity contribution in [1.29, 1.82) is 0 Å². The SMILES string of the molecule is C=NC(=C\SCNc1ccc(C)cn1)/C(C)=C(\C)N=C(C)C(C)O. The number of allylic oxidation sites excluding steroid dienone is 2. The maximum atomic E-state index is 9.52. The second-order valence-corrected chi connectivity index (χ2v) is 6.37. The number of nitrogens with one attached hydrogen (secondary N) is 1. The quantitative estimate of drug-likeness (QED) is 0.321. The number of aliphatic imine (C=N–C) groups is 2. The zero-order valence-corrected chi connectivity index (χ0v) is 15.8. The van der Waals surface area contributed by atoms with Crippen LogP contribution in [0.1, 0.15) is 33.3 Å². The van der Waals surface area contributed by atoms with Gasteiger partial charge in [-0.1, -0.05) is 6.07 Å². The largest absolute Gasteiger partial charge is 0.387 e. The summed E-state index contributed by atoms with van der Waals surface area (Å²) in [5.41, 5.74) is 4.34. The number of aliphatic hydroxyl groups excluding tert-OH is 1. The van der Waals surface area contributed by atoms with Gasteiger partial charge in [0.1, 0.15) is 5.82 Å². The number of aromatic nitrogens is 1. The molecule has 0 aromatic carbocycles. The van der Waals surface area contributed by atoms with Crippen molar-refractivity contribution in [1.82, 2.24) is 4.98 Å². The molecule has 0 aliphatic rings. The highest BCUT2D eigenvalue weighted by atomic mass is 32.2. The van der Waals surface area contributed by atoms with Gasteiger partial charge in [0.15, 0.2) is 0 Å². The fourth-order valence-electron chi connectivity index (χ4n) is 1.68. The summed E-state index contributed by atoms with van der Waals surface area (Å²) in [6.07, 6.45) is 1.27. The van der Waals surface area contributed by atoms with E-state index in [1.807, 2.05) is 44.5 Å². The number of hydrogen-bond donors (Lipinski definition) is 2. The summed E-state index contributed by atoms with van der Waals surface area (Å²) >= 11 is 1.58. The van der Waals surface area contributed by atoms with Gasteiger partial charge in [0.05, 0.1) is 17.7 Å². The fraction of sp³-hybridized carbons (Fsp3) is 0.389. The Morgan fingerprint density at radius 2 is 2.12 bits per heavy atom. The van der Waals surface area contributed by atoms with Gasteiger partial charge in [-0.05, 0) is 63.9 Å². The normalized spacial score (nSPS) is 14.9. The summed E-state index contributed by atoms with van der Waals surface area (Å²) in [4.78, 5) is 12.8. The molecule has 1 aromatic heterocycles. The molecule has 24 heavy (non-hydrogen) atoms. The fourth-order valence-corrected chi connectivity index (χ4v) is 2.40. The van der Waals surface area contributed by atoms with Gasteiger partial charge < -0.3 is 10.4 Å². The molecule has 0 saturated carbocycles. The lowest BCUT2D eigenvalue weighted by Crippen LogP contribution is -2.12. The predicted octanol–water partition coefficient (Wildman–Crippen LogP) is 4.17. The minimum atomic E-state index is -0.558. The number of thioether (sulfide) groups is 1. The van der Waals surface area contributed by atoms with Gasteiger partial charge in [0.2, 0.25) is 0 Å². The molecule has 1 rings (SSSR count). The van der Waals surface area contributed by atoms with E-state index in [0.29, 0.717) is 11.6 Å². The van der Waals surface area contributed by atoms with Crippen LogP contribution in [0.4, 0.5) is 5.82 Å². The Balaban J connectivity index is 2.70. The van der Waals surface area contributed by atoms with Crippen molar-refractivity contribution in [2.45, 2.75) is 40.7 Å². The summed E-state index contributed by atoms with van der Waals surface area (Å²) in [7, 11) is 0. The molecule has 0 fully saturated rings. The number of hydrogen-bond acceptors (Lipinski definition) is 6. The van der Waals surface area contributed by atoms with Gasteiger partial charge in [0, 0.05) is 17.6 Å². The second kappa shape index (κ2) is 10.1. The third kappa shape index (κ3) is 6.68. The summed E-state index contributed by atoms with van der Waals surface area (Å²) in [6.45, 7) is 13.0. The molecule has 0 radical (unpaired) electrons. The third-order valence-corrected chi connectivity index (χ3v) is 4.19. The van der Waals surface area contributed by atoms with E-state index in [4.69, 9.17) is 0 Å². The minimum Gasteiger partial charge on any atom is -0.387 e. The zero-order chi connectivity index (χ0) is 18.1. The number of pyridine rings is 1. The number of rotatable bonds is 8. The van der Waals surface area contributed by atoms with Gasteiger partial charge in [-0.25, -0.2) is 4.98 Å². The van der Waals surface area contributed by atoms with Crippen molar-refractivity contribution in [3.63, 3.8) is 0 Å². The molecular formula is C18H26N4OS. The van der Waals surface area contributed by atoms with Crippen LogP contribution in [0.2, 0.25) is 0 Å². The standard InChI is InChI=1S/C18H26N4OS/c1-12-7-8-18(20-9-12)21-11-24-10-17(19-6)13(2)14(3)22-15(4)16(5)23/h7-10,16,23H,6,11H2,1-5H3,(H,20,21)/b14-13+,17-10-,22-15?. The van der Waals surface area contributed by atoms with Crippen LogP contribution < -0.4 is 5.32 Å². The number of nitrogens with zero attached hydrogens (tertiary/aromatic N) is 3. The first kappa shape index (κ1) is 20.1. The maximum absolute atomic E-state index is 9.52. The van der Waals surface area contributed by atoms with Gasteiger partial charge in [0.25, 0.3) is 0 Å². The van der Waals surface area contributed by atoms with E-state index in [1.165, 1.54) is 0 Å². The van der Waals surface area contributed by atoms with E-state index >= 15 is 0 Å². The van der Waals surface area contributed by atoms with Crippen LogP contribution in [-0.4, -0.2) is 34.5 Å². The maximum Gasteiger partial charge on any atom is 0.126 e. The average molecular weight is 347 g/mol. The Morgan fingerprint density at radius 1 is 1.42 bits per heavy atom. The van der Waals surface area contributed by atoms with Crippen molar-refractivity contribution in [3.05, 3.63) is 46.3 Å². The first-order chi connectivity index (χ1) is 11.3. The molecule has 1 atom stereocenters. The molecule has 6 heteroatoms. The van der Waals surface area contributed by atoms with Crippen LogP contribution in [0, 0.1) is 6.92 Å². The Bertz CT molecular complexity index is 645. The van der Waals surface area contributed by atoms with E-state index in [2.05, 4.69) is 27.0 Å². The number of aryl methyl sites for hydroxylation is 1. The molecule has 1 aromatic rings. The van der Waals surface area contributed by atoms with Gasteiger partial charge in [-0.3, -0.25) is 9.98 Å². The molecule has 1 heterocycles. The molecule has 0 spiro atoms. The van der Waals surface area contributed by atoms with Gasteiger partial charge in [-0.15, -0.1) is 11.8 Å². The monoisotopic (exact) mass is 346 g/mol. The first-order valence-corrected chi connectivity index (χ1v) is 8.76. The lowest BCUT2D eigenvalue weighted by molar-refractivity contribution is 0.261. The molecule has 0 bridgehead atoms. The molecule has 1 unspecified atom stereocenters. The number of aliphatic hydroxyl groups is 1. The highest BCUT2D eigenvalue weighted by Gasteiger charge is 2.05. The highest BCUT2D eigenvalue weighted by molar-refractivity contribution is 8.02. The third-order valence-electron chi connectivity index (χ3n) is 3.49. The smallest absolute Gasteiger partial charge is 0.126 e. The van der Waals surface area contributed by atoms with Gasteiger partial charge >= 0.3 is 0 Å². The average Bonchev–Trinajstić information content (AvgIpc) is 2.55. The first-order valence-electron chi connectivity index (χ1n) is 7.71. The van der Waals surface area contributed by atoms with Crippen molar-refractivity contribution >= 4 is 30.0 Å². The van der Waals surface area contributed by atoms with E-state index < -0.39 is 6.10 Å². The molecule has 0 saturated heterocycles. The van der Waals surface area contributed by atoms with Crippen LogP contribution in [0.5, 0.6) is 0 Å². The van der Waals surface area contributed by atoms with E-state index in [1.54, 1.807) is 25.6 Å². The van der Waals surface area contributed by atoms with Crippen LogP contribution >= 0.6 is 11.8 Å². The zero-order valence-electron chi connectivity index (χ0n) is 15.0. The van der Waals surface area contributed by atoms with Crippen LogP contribution in [0.25, 0.3) is 0 Å². The lowest BCUT2D eigenvalue weighted by Gasteiger charge is -2.08. The minimum absolute atomic E-state index is 0.558. The highest BCUT2D eigenvalue weighted by Crippen LogP contribution is 2.20. The van der Waals surface area contributed by atoms with Crippen LogP contribution in [0.3, 0.4) is 0 Å². The molecule has 0 amide bonds. The summed E-state index contributed by atoms with van der Waals surface area (Å²) in [5, 5.41) is 14.7. The predicted molar refractivity (Wildman–Crippen MR) is 106 cm³/mol. The Kier molecular flexibility index (Phi) is 8.43. The van der Waals surface area contributed by atoms with Crippen molar-refractivity contribution in [3.8, 4) is 0 Å². The van der Waals surface area contributed by atoms with Gasteiger partial charge in [-0.2, -0.15) is 0 Å². The van der Waals surface area contributed by atoms with Crippen LogP contribution in [0.15, 0.2) is 50.7 Å². The van der Waals surface area contributed by atoms with Crippen molar-refractivity contribution < 1.29 is 5.11 Å². The molecule has 130 valence electrons.